The molecule has 0 bridgehead atoms. The molecule has 3 heteroatoms. The predicted octanol–water partition coefficient (Wildman–Crippen LogP) is 4.30. The average molecular weight is 297 g/mol. The van der Waals surface area contributed by atoms with E-state index in [1.54, 1.807) is 0 Å². The van der Waals surface area contributed by atoms with E-state index in [2.05, 4.69) is 46.7 Å². The van der Waals surface area contributed by atoms with E-state index in [1.807, 2.05) is 30.5 Å². The predicted molar refractivity (Wildman–Crippen MR) is 88.5 cm³/mol. The van der Waals surface area contributed by atoms with Crippen LogP contribution in [0.3, 0.4) is 0 Å². The first-order chi connectivity index (χ1) is 10.4. The van der Waals surface area contributed by atoms with Crippen molar-refractivity contribution in [1.29, 1.82) is 0 Å². The summed E-state index contributed by atoms with van der Waals surface area (Å²) in [7, 11) is 0. The van der Waals surface area contributed by atoms with Gasteiger partial charge in [0.05, 0.1) is 5.52 Å². The summed E-state index contributed by atoms with van der Waals surface area (Å²) in [6, 6.07) is 20.9. The van der Waals surface area contributed by atoms with E-state index in [0.29, 0.717) is 5.88 Å². The zero-order valence-corrected chi connectivity index (χ0v) is 12.4. The van der Waals surface area contributed by atoms with E-state index in [4.69, 9.17) is 11.6 Å². The van der Waals surface area contributed by atoms with Gasteiger partial charge in [-0.25, -0.2) is 0 Å². The van der Waals surface area contributed by atoms with E-state index in [-0.39, 0.29) is 6.04 Å². The van der Waals surface area contributed by atoms with Crippen molar-refractivity contribution < 1.29 is 0 Å². The molecular weight excluding hydrogens is 280 g/mol. The molecule has 0 spiro atoms. The number of hydrogen-bond acceptors (Lipinski definition) is 2. The van der Waals surface area contributed by atoms with Gasteiger partial charge in [-0.2, -0.15) is 0 Å². The van der Waals surface area contributed by atoms with Crippen molar-refractivity contribution in [3.8, 4) is 0 Å². The summed E-state index contributed by atoms with van der Waals surface area (Å²) >= 11 is 6.09. The van der Waals surface area contributed by atoms with Gasteiger partial charge in [-0.15, -0.1) is 11.6 Å². The number of alkyl halides is 1. The number of rotatable bonds is 5. The van der Waals surface area contributed by atoms with Crippen molar-refractivity contribution >= 4 is 22.5 Å². The lowest BCUT2D eigenvalue weighted by Gasteiger charge is -2.16. The second-order valence-electron chi connectivity index (χ2n) is 5.03. The molecule has 1 atom stereocenters. The molecule has 0 aliphatic carbocycles. The number of halogens is 1. The monoisotopic (exact) mass is 296 g/mol. The topological polar surface area (TPSA) is 24.9 Å². The Morgan fingerprint density at radius 2 is 1.86 bits per heavy atom. The van der Waals surface area contributed by atoms with E-state index in [1.165, 1.54) is 16.5 Å². The summed E-state index contributed by atoms with van der Waals surface area (Å²) in [5.74, 6) is 0.555. The van der Waals surface area contributed by atoms with Crippen molar-refractivity contribution in [2.24, 2.45) is 0 Å². The minimum atomic E-state index is 0.164. The molecule has 1 heterocycles. The molecule has 0 aliphatic rings. The molecular formula is C18H17ClN2. The highest BCUT2D eigenvalue weighted by Gasteiger charge is 2.09. The molecule has 0 amide bonds. The summed E-state index contributed by atoms with van der Waals surface area (Å²) in [5, 5.41) is 4.68. The first-order valence-corrected chi connectivity index (χ1v) is 7.58. The van der Waals surface area contributed by atoms with Crippen LogP contribution in [0.4, 0.5) is 0 Å². The largest absolute Gasteiger partial charge is 0.305 e. The standard InChI is InChI=1S/C18H17ClN2/c19-12-18(15-5-2-1-3-6-15)21-13-14-8-9-17-16(11-14)7-4-10-20-17/h1-11,18,21H,12-13H2. The van der Waals surface area contributed by atoms with Crippen molar-refractivity contribution in [1.82, 2.24) is 10.3 Å². The highest BCUT2D eigenvalue weighted by atomic mass is 35.5. The lowest BCUT2D eigenvalue weighted by atomic mass is 10.1. The Kier molecular flexibility index (Phi) is 4.49. The lowest BCUT2D eigenvalue weighted by molar-refractivity contribution is 0.580. The van der Waals surface area contributed by atoms with E-state index in [0.717, 1.165) is 12.1 Å². The van der Waals surface area contributed by atoms with Crippen LogP contribution in [-0.2, 0) is 6.54 Å². The Balaban J connectivity index is 1.73. The quantitative estimate of drug-likeness (QED) is 0.710. The highest BCUT2D eigenvalue weighted by Crippen LogP contribution is 2.17. The van der Waals surface area contributed by atoms with Crippen LogP contribution in [0.1, 0.15) is 17.2 Å². The molecule has 0 aliphatic heterocycles. The van der Waals surface area contributed by atoms with Crippen molar-refractivity contribution in [3.05, 3.63) is 78.0 Å². The molecule has 106 valence electrons. The minimum absolute atomic E-state index is 0.164. The summed E-state index contributed by atoms with van der Waals surface area (Å²) in [5.41, 5.74) is 3.48. The fourth-order valence-corrected chi connectivity index (χ4v) is 2.71. The van der Waals surface area contributed by atoms with Gasteiger partial charge >= 0.3 is 0 Å². The Bertz CT molecular complexity index is 712. The summed E-state index contributed by atoms with van der Waals surface area (Å²) in [6.07, 6.45) is 1.82. The molecule has 0 fully saturated rings. The zero-order chi connectivity index (χ0) is 14.5. The smallest absolute Gasteiger partial charge is 0.0702 e. The summed E-state index contributed by atoms with van der Waals surface area (Å²) in [6.45, 7) is 0.789. The van der Waals surface area contributed by atoms with Crippen molar-refractivity contribution in [2.45, 2.75) is 12.6 Å². The number of fused-ring (bicyclic) bond motifs is 1. The van der Waals surface area contributed by atoms with E-state index >= 15 is 0 Å². The normalized spacial score (nSPS) is 12.4. The maximum Gasteiger partial charge on any atom is 0.0702 e. The maximum atomic E-state index is 6.09. The van der Waals surface area contributed by atoms with Crippen LogP contribution in [-0.4, -0.2) is 10.9 Å². The number of pyridine rings is 1. The first-order valence-electron chi connectivity index (χ1n) is 7.05. The number of aromatic nitrogens is 1. The van der Waals surface area contributed by atoms with E-state index in [9.17, 15) is 0 Å². The number of benzene rings is 2. The molecule has 3 aromatic rings. The molecule has 3 rings (SSSR count). The van der Waals surface area contributed by atoms with Gasteiger partial charge in [0.1, 0.15) is 0 Å². The highest BCUT2D eigenvalue weighted by molar-refractivity contribution is 6.18. The maximum absolute atomic E-state index is 6.09. The molecule has 1 unspecified atom stereocenters. The molecule has 21 heavy (non-hydrogen) atoms. The van der Waals surface area contributed by atoms with E-state index < -0.39 is 0 Å². The molecule has 2 nitrogen and oxygen atoms in total. The third-order valence-corrected chi connectivity index (χ3v) is 3.88. The Hall–Kier alpha value is -1.90. The lowest BCUT2D eigenvalue weighted by Crippen LogP contribution is -2.22. The third kappa shape index (κ3) is 3.41. The molecule has 0 radical (unpaired) electrons. The number of nitrogens with one attached hydrogen (secondary N) is 1. The molecule has 1 N–H and O–H groups in total. The SMILES string of the molecule is ClCC(NCc1ccc2ncccc2c1)c1ccccc1. The van der Waals surface area contributed by atoms with Crippen LogP contribution < -0.4 is 5.32 Å². The summed E-state index contributed by atoms with van der Waals surface area (Å²) in [4.78, 5) is 4.34. The van der Waals surface area contributed by atoms with Gasteiger partial charge in [-0.05, 0) is 29.3 Å². The number of nitrogens with zero attached hydrogens (tertiary/aromatic N) is 1. The van der Waals surface area contributed by atoms with Gasteiger partial charge in [0.15, 0.2) is 0 Å². The Morgan fingerprint density at radius 3 is 2.67 bits per heavy atom. The Labute approximate surface area is 129 Å². The minimum Gasteiger partial charge on any atom is -0.305 e. The van der Waals surface area contributed by atoms with Crippen LogP contribution >= 0.6 is 11.6 Å². The molecule has 0 saturated heterocycles. The van der Waals surface area contributed by atoms with Gasteiger partial charge in [0.2, 0.25) is 0 Å². The van der Waals surface area contributed by atoms with Crippen LogP contribution in [0.15, 0.2) is 66.9 Å². The fraction of sp³-hybridized carbons (Fsp3) is 0.167. The fourth-order valence-electron chi connectivity index (χ4n) is 2.42. The molecule has 1 aromatic heterocycles. The molecule has 0 saturated carbocycles. The van der Waals surface area contributed by atoms with Gasteiger partial charge in [-0.1, -0.05) is 42.5 Å². The van der Waals surface area contributed by atoms with Crippen LogP contribution in [0.5, 0.6) is 0 Å². The Morgan fingerprint density at radius 1 is 1.00 bits per heavy atom. The van der Waals surface area contributed by atoms with Crippen molar-refractivity contribution in [3.63, 3.8) is 0 Å². The zero-order valence-electron chi connectivity index (χ0n) is 11.7. The van der Waals surface area contributed by atoms with Crippen LogP contribution in [0.25, 0.3) is 10.9 Å². The second-order valence-corrected chi connectivity index (χ2v) is 5.34. The van der Waals surface area contributed by atoms with Crippen LogP contribution in [0, 0.1) is 0 Å². The average Bonchev–Trinajstić information content (AvgIpc) is 2.56. The third-order valence-electron chi connectivity index (χ3n) is 3.58. The van der Waals surface area contributed by atoms with Crippen molar-refractivity contribution in [2.75, 3.05) is 5.88 Å². The van der Waals surface area contributed by atoms with Gasteiger partial charge in [-0.3, -0.25) is 4.98 Å². The first kappa shape index (κ1) is 14.1. The summed E-state index contributed by atoms with van der Waals surface area (Å²) < 4.78 is 0. The van der Waals surface area contributed by atoms with Gasteiger partial charge < -0.3 is 5.32 Å². The molecule has 2 aromatic carbocycles. The van der Waals surface area contributed by atoms with Gasteiger partial charge in [0.25, 0.3) is 0 Å². The van der Waals surface area contributed by atoms with Crippen LogP contribution in [0.2, 0.25) is 0 Å². The number of hydrogen-bond donors (Lipinski definition) is 1. The second kappa shape index (κ2) is 6.70. The van der Waals surface area contributed by atoms with Gasteiger partial charge in [0, 0.05) is 30.0 Å².